The van der Waals surface area contributed by atoms with Gasteiger partial charge in [0.05, 0.1) is 26.3 Å². The lowest BCUT2D eigenvalue weighted by Crippen LogP contribution is -2.47. The molecule has 114 valence electrons. The number of amides is 1. The van der Waals surface area contributed by atoms with Crippen molar-refractivity contribution in [3.63, 3.8) is 0 Å². The Balaban J connectivity index is 1.72. The van der Waals surface area contributed by atoms with Gasteiger partial charge >= 0.3 is 0 Å². The predicted octanol–water partition coefficient (Wildman–Crippen LogP) is 2.15. The van der Waals surface area contributed by atoms with Gasteiger partial charge in [0.2, 0.25) is 0 Å². The van der Waals surface area contributed by atoms with Gasteiger partial charge in [0.1, 0.15) is 5.69 Å². The van der Waals surface area contributed by atoms with Gasteiger partial charge in [-0.25, -0.2) is 0 Å². The fraction of sp³-hybridized carbons (Fsp3) is 0.562. The van der Waals surface area contributed by atoms with Gasteiger partial charge in [-0.2, -0.15) is 0 Å². The smallest absolute Gasteiger partial charge is 0.254 e. The van der Waals surface area contributed by atoms with Crippen LogP contribution in [0, 0.1) is 5.21 Å². The Morgan fingerprint density at radius 1 is 1.05 bits per heavy atom. The van der Waals surface area contributed by atoms with Gasteiger partial charge in [-0.15, -0.1) is 0 Å². The minimum atomic E-state index is -0.244. The molecule has 0 spiro atoms. The number of hydrogen-bond acceptors (Lipinski definition) is 3. The largest absolute Gasteiger partial charge is 0.627 e. The highest BCUT2D eigenvalue weighted by Gasteiger charge is 2.24. The molecule has 0 N–H and O–H groups in total. The maximum atomic E-state index is 12.7. The second-order valence-electron chi connectivity index (χ2n) is 5.85. The molecule has 0 saturated carbocycles. The Kier molecular flexibility index (Phi) is 4.24. The van der Waals surface area contributed by atoms with Crippen molar-refractivity contribution in [2.24, 2.45) is 0 Å². The van der Waals surface area contributed by atoms with Crippen LogP contribution in [0.25, 0.3) is 0 Å². The van der Waals surface area contributed by atoms with E-state index in [2.05, 4.69) is 0 Å². The van der Waals surface area contributed by atoms with Crippen LogP contribution in [-0.2, 0) is 4.74 Å². The van der Waals surface area contributed by atoms with Crippen molar-refractivity contribution < 1.29 is 9.53 Å². The normalized spacial score (nSPS) is 22.0. The minimum absolute atomic E-state index is 0.0287. The van der Waals surface area contributed by atoms with Crippen LogP contribution in [0.2, 0.25) is 0 Å². The number of rotatable bonds is 2. The minimum Gasteiger partial charge on any atom is -0.627 e. The summed E-state index contributed by atoms with van der Waals surface area (Å²) in [6.45, 7) is 3.78. The molecule has 0 bridgehead atoms. The van der Waals surface area contributed by atoms with E-state index < -0.39 is 0 Å². The second kappa shape index (κ2) is 6.13. The van der Waals surface area contributed by atoms with E-state index in [-0.39, 0.29) is 10.6 Å². The van der Waals surface area contributed by atoms with Gasteiger partial charge in [0.25, 0.3) is 5.91 Å². The zero-order chi connectivity index (χ0) is 14.7. The summed E-state index contributed by atoms with van der Waals surface area (Å²) in [5.41, 5.74) is 1.43. The SMILES string of the molecule is O=C(c1ccc([N+]2([O-])CCCCC2)cc1)N1CCOCC1. The molecule has 0 unspecified atom stereocenters. The molecule has 2 aliphatic rings. The molecule has 0 aromatic heterocycles. The summed E-state index contributed by atoms with van der Waals surface area (Å²) in [4.78, 5) is 14.2. The number of benzene rings is 1. The van der Waals surface area contributed by atoms with Crippen molar-refractivity contribution >= 4 is 11.6 Å². The Labute approximate surface area is 125 Å². The highest BCUT2D eigenvalue weighted by atomic mass is 16.5. The highest BCUT2D eigenvalue weighted by molar-refractivity contribution is 5.94. The Morgan fingerprint density at radius 3 is 2.29 bits per heavy atom. The number of quaternary nitrogens is 1. The predicted molar refractivity (Wildman–Crippen MR) is 81.9 cm³/mol. The summed E-state index contributed by atoms with van der Waals surface area (Å²) < 4.78 is 5.02. The number of hydroxylamine groups is 2. The quantitative estimate of drug-likeness (QED) is 0.619. The number of carbonyl (C=O) groups is 1. The molecule has 5 nitrogen and oxygen atoms in total. The van der Waals surface area contributed by atoms with E-state index in [1.165, 1.54) is 0 Å². The maximum Gasteiger partial charge on any atom is 0.254 e. The first kappa shape index (κ1) is 14.5. The summed E-state index contributed by atoms with van der Waals surface area (Å²) >= 11 is 0. The van der Waals surface area contributed by atoms with Crippen molar-refractivity contribution in [3.05, 3.63) is 35.0 Å². The average Bonchev–Trinajstić information content (AvgIpc) is 2.56. The summed E-state index contributed by atoms with van der Waals surface area (Å²) in [5, 5.41) is 12.7. The van der Waals surface area contributed by atoms with Crippen LogP contribution < -0.4 is 4.65 Å². The molecule has 21 heavy (non-hydrogen) atoms. The summed E-state index contributed by atoms with van der Waals surface area (Å²) in [5.74, 6) is 0.0287. The molecule has 2 aliphatic heterocycles. The molecule has 1 amide bonds. The van der Waals surface area contributed by atoms with Crippen molar-refractivity contribution in [3.8, 4) is 0 Å². The average molecular weight is 290 g/mol. The van der Waals surface area contributed by atoms with Crippen LogP contribution in [0.1, 0.15) is 29.6 Å². The summed E-state index contributed by atoms with van der Waals surface area (Å²) in [6.07, 6.45) is 3.12. The Bertz CT molecular complexity index is 489. The van der Waals surface area contributed by atoms with E-state index >= 15 is 0 Å². The molecule has 0 radical (unpaired) electrons. The van der Waals surface area contributed by atoms with Crippen LogP contribution >= 0.6 is 0 Å². The van der Waals surface area contributed by atoms with E-state index in [4.69, 9.17) is 4.74 Å². The van der Waals surface area contributed by atoms with Crippen molar-refractivity contribution in [1.29, 1.82) is 0 Å². The zero-order valence-electron chi connectivity index (χ0n) is 12.3. The van der Waals surface area contributed by atoms with E-state index in [0.29, 0.717) is 45.0 Å². The number of nitrogens with zero attached hydrogens (tertiary/aromatic N) is 2. The number of ether oxygens (including phenoxy) is 1. The van der Waals surface area contributed by atoms with Gasteiger partial charge in [-0.05, 0) is 31.4 Å². The molecule has 2 fully saturated rings. The van der Waals surface area contributed by atoms with E-state index in [1.807, 2.05) is 12.1 Å². The topological polar surface area (TPSA) is 52.6 Å². The van der Waals surface area contributed by atoms with Crippen LogP contribution in [0.3, 0.4) is 0 Å². The molecular weight excluding hydrogens is 268 g/mol. The molecule has 3 rings (SSSR count). The molecule has 2 heterocycles. The first-order valence-corrected chi connectivity index (χ1v) is 7.75. The van der Waals surface area contributed by atoms with Crippen molar-refractivity contribution in [1.82, 2.24) is 9.55 Å². The van der Waals surface area contributed by atoms with E-state index in [0.717, 1.165) is 24.9 Å². The molecule has 0 atom stereocenters. The van der Waals surface area contributed by atoms with E-state index in [1.54, 1.807) is 17.0 Å². The molecule has 0 aliphatic carbocycles. The maximum absolute atomic E-state index is 12.7. The molecule has 5 heteroatoms. The first-order chi connectivity index (χ1) is 10.2. The lowest BCUT2D eigenvalue weighted by molar-refractivity contribution is 0.0303. The third kappa shape index (κ3) is 3.10. The third-order valence-corrected chi connectivity index (χ3v) is 4.42. The van der Waals surface area contributed by atoms with E-state index in [9.17, 15) is 10.0 Å². The van der Waals surface area contributed by atoms with Gasteiger partial charge in [0, 0.05) is 30.8 Å². The molecule has 1 aromatic rings. The third-order valence-electron chi connectivity index (χ3n) is 4.42. The van der Waals surface area contributed by atoms with Crippen LogP contribution in [0.15, 0.2) is 24.3 Å². The van der Waals surface area contributed by atoms with Gasteiger partial charge in [-0.1, -0.05) is 0 Å². The Hall–Kier alpha value is -1.43. The lowest BCUT2D eigenvalue weighted by Gasteiger charge is -2.44. The molecular formula is C16H22N2O3. The van der Waals surface area contributed by atoms with Crippen LogP contribution in [-0.4, -0.2) is 50.2 Å². The molecule has 1 aromatic carbocycles. The van der Waals surface area contributed by atoms with Crippen molar-refractivity contribution in [2.45, 2.75) is 19.3 Å². The highest BCUT2D eigenvalue weighted by Crippen LogP contribution is 2.27. The Morgan fingerprint density at radius 2 is 1.67 bits per heavy atom. The monoisotopic (exact) mass is 290 g/mol. The zero-order valence-corrected chi connectivity index (χ0v) is 12.3. The van der Waals surface area contributed by atoms with Gasteiger partial charge in [0.15, 0.2) is 0 Å². The number of hydrogen-bond donors (Lipinski definition) is 0. The number of morpholine rings is 1. The summed E-state index contributed by atoms with van der Waals surface area (Å²) in [6, 6.07) is 7.23. The lowest BCUT2D eigenvalue weighted by atomic mass is 10.1. The van der Waals surface area contributed by atoms with Gasteiger partial charge < -0.3 is 19.5 Å². The number of carbonyl (C=O) groups excluding carboxylic acids is 1. The fourth-order valence-electron chi connectivity index (χ4n) is 3.11. The number of piperidine rings is 1. The van der Waals surface area contributed by atoms with Crippen molar-refractivity contribution in [2.75, 3.05) is 39.4 Å². The fourth-order valence-corrected chi connectivity index (χ4v) is 3.11. The summed E-state index contributed by atoms with van der Waals surface area (Å²) in [7, 11) is 0. The standard InChI is InChI=1S/C16H22N2O3/c19-16(17-8-12-21-13-9-17)14-4-6-15(7-5-14)18(20)10-2-1-3-11-18/h4-7H,1-3,8-13H2. The first-order valence-electron chi connectivity index (χ1n) is 7.75. The van der Waals surface area contributed by atoms with Crippen LogP contribution in [0.4, 0.5) is 5.69 Å². The van der Waals surface area contributed by atoms with Crippen LogP contribution in [0.5, 0.6) is 0 Å². The second-order valence-corrected chi connectivity index (χ2v) is 5.85. The molecule has 2 saturated heterocycles. The van der Waals surface area contributed by atoms with Gasteiger partial charge in [-0.3, -0.25) is 4.79 Å².